The third-order valence-corrected chi connectivity index (χ3v) is 30.4. The Kier molecular flexibility index (Phi) is 23.8. The zero-order valence-electron chi connectivity index (χ0n) is 82.9. The summed E-state index contributed by atoms with van der Waals surface area (Å²) >= 11 is 0. The maximum Gasteiger partial charge on any atom is 0.0468 e. The van der Waals surface area contributed by atoms with Gasteiger partial charge in [0.05, 0.1) is 0 Å². The normalized spacial score (nSPS) is 12.8. The van der Waals surface area contributed by atoms with Crippen molar-refractivity contribution in [3.8, 4) is 134 Å². The van der Waals surface area contributed by atoms with E-state index < -0.39 is 0 Å². The van der Waals surface area contributed by atoms with Gasteiger partial charge in [0.1, 0.15) is 0 Å². The first kappa shape index (κ1) is 90.5. The van der Waals surface area contributed by atoms with Gasteiger partial charge in [-0.2, -0.15) is 0 Å². The lowest BCUT2D eigenvalue weighted by Crippen LogP contribution is -2.16. The van der Waals surface area contributed by atoms with Crippen LogP contribution in [0.15, 0.2) is 552 Å². The molecule has 696 valence electrons. The Morgan fingerprint density at radius 3 is 0.699 bits per heavy atom. The van der Waals surface area contributed by atoms with Crippen molar-refractivity contribution < 1.29 is 0 Å². The third-order valence-electron chi connectivity index (χ3n) is 30.4. The molecule has 23 aromatic carbocycles. The first-order valence-corrected chi connectivity index (χ1v) is 50.9. The molecular weight excluding hydrogens is 1760 g/mol. The minimum absolute atomic E-state index is 0.0862. The lowest BCUT2D eigenvalue weighted by atomic mass is 9.82. The Morgan fingerprint density at radius 2 is 0.342 bits per heavy atom. The molecule has 0 N–H and O–H groups in total. The van der Waals surface area contributed by atoms with Crippen molar-refractivity contribution in [1.29, 1.82) is 0 Å². The SMILES string of the molecule is CC1(C)c2ccccc2-c2ccc(N(c3ccc(-c4ccccc4)cc3)c3ccc(-c4ccc5ccccc5c4)c(-c4ccccc4)c3)cc21.CC1(C)c2ccccc2-c2ccc(N(c3ccc(-c4ccccc4)cc3)c3ccc(-c4cccc5ccccc45)c(-c4ccccc4)c3)cc21.CC1(C)c2ccccc2-c2ccc(N(c3ccc(-c4ccccc4)cc3)c3ccc(-c4ccccc4)c(-c4ccccc4)c3)cc21. The Labute approximate surface area is 857 Å². The van der Waals surface area contributed by atoms with Crippen molar-refractivity contribution in [2.75, 3.05) is 14.7 Å². The molecule has 0 amide bonds. The summed E-state index contributed by atoms with van der Waals surface area (Å²) in [5.74, 6) is 0. The fourth-order valence-electron chi connectivity index (χ4n) is 22.9. The molecule has 0 spiro atoms. The Bertz CT molecular complexity index is 8740. The van der Waals surface area contributed by atoms with Crippen LogP contribution in [-0.4, -0.2) is 0 Å². The van der Waals surface area contributed by atoms with Crippen LogP contribution >= 0.6 is 0 Å². The maximum atomic E-state index is 2.42. The van der Waals surface area contributed by atoms with Crippen LogP contribution in [0.4, 0.5) is 51.2 Å². The summed E-state index contributed by atoms with van der Waals surface area (Å²) in [4.78, 5) is 7.26. The number of hydrogen-bond acceptors (Lipinski definition) is 3. The lowest BCUT2D eigenvalue weighted by molar-refractivity contribution is 0.660. The predicted molar refractivity (Wildman–Crippen MR) is 620 cm³/mol. The molecule has 0 bridgehead atoms. The maximum absolute atomic E-state index is 2.42. The second-order valence-electron chi connectivity index (χ2n) is 40.2. The van der Waals surface area contributed by atoms with Crippen LogP contribution in [0.25, 0.3) is 155 Å². The van der Waals surface area contributed by atoms with Gasteiger partial charge in [-0.25, -0.2) is 0 Å². The number of nitrogens with zero attached hydrogens (tertiary/aromatic N) is 3. The van der Waals surface area contributed by atoms with E-state index in [0.29, 0.717) is 0 Å². The van der Waals surface area contributed by atoms with Gasteiger partial charge in [0.25, 0.3) is 0 Å². The molecule has 3 heteroatoms. The molecule has 0 saturated heterocycles. The highest BCUT2D eigenvalue weighted by atomic mass is 15.2. The second-order valence-corrected chi connectivity index (χ2v) is 40.2. The number of anilines is 9. The molecule has 0 unspecified atom stereocenters. The zero-order valence-corrected chi connectivity index (χ0v) is 82.9. The van der Waals surface area contributed by atoms with E-state index in [0.717, 1.165) is 51.2 Å². The van der Waals surface area contributed by atoms with Gasteiger partial charge in [-0.3, -0.25) is 0 Å². The third kappa shape index (κ3) is 17.0. The van der Waals surface area contributed by atoms with Gasteiger partial charge >= 0.3 is 0 Å². The summed E-state index contributed by atoms with van der Waals surface area (Å²) in [7, 11) is 0. The van der Waals surface area contributed by atoms with E-state index in [1.54, 1.807) is 0 Å². The van der Waals surface area contributed by atoms with Gasteiger partial charge in [0.15, 0.2) is 0 Å². The second kappa shape index (κ2) is 38.4. The van der Waals surface area contributed by atoms with Crippen LogP contribution < -0.4 is 14.7 Å². The molecule has 3 nitrogen and oxygen atoms in total. The van der Waals surface area contributed by atoms with E-state index in [-0.39, 0.29) is 16.2 Å². The fraction of sp³-hybridized carbons (Fsp3) is 0.0629. The highest BCUT2D eigenvalue weighted by molar-refractivity contribution is 6.03. The molecule has 26 rings (SSSR count). The molecule has 0 heterocycles. The fourth-order valence-corrected chi connectivity index (χ4v) is 22.9. The molecule has 146 heavy (non-hydrogen) atoms. The van der Waals surface area contributed by atoms with Crippen molar-refractivity contribution in [2.24, 2.45) is 0 Å². The Morgan fingerprint density at radius 1 is 0.116 bits per heavy atom. The predicted octanol–water partition coefficient (Wildman–Crippen LogP) is 39.7. The summed E-state index contributed by atoms with van der Waals surface area (Å²) < 4.78 is 0. The minimum atomic E-state index is -0.0990. The van der Waals surface area contributed by atoms with Crippen molar-refractivity contribution >= 4 is 72.7 Å². The number of rotatable bonds is 18. The van der Waals surface area contributed by atoms with Crippen molar-refractivity contribution in [3.05, 3.63) is 585 Å². The smallest absolute Gasteiger partial charge is 0.0468 e. The summed E-state index contributed by atoms with van der Waals surface area (Å²) in [6, 6.07) is 201. The molecule has 0 aromatic heterocycles. The molecule has 0 atom stereocenters. The molecule has 23 aromatic rings. The van der Waals surface area contributed by atoms with Crippen LogP contribution in [0.5, 0.6) is 0 Å². The molecular formula is C143H109N3. The van der Waals surface area contributed by atoms with E-state index in [1.807, 2.05) is 0 Å². The summed E-state index contributed by atoms with van der Waals surface area (Å²) in [6.07, 6.45) is 0. The van der Waals surface area contributed by atoms with Crippen LogP contribution in [0.2, 0.25) is 0 Å². The van der Waals surface area contributed by atoms with Gasteiger partial charge in [-0.1, -0.05) is 478 Å². The minimum Gasteiger partial charge on any atom is -0.310 e. The van der Waals surface area contributed by atoms with Crippen molar-refractivity contribution in [1.82, 2.24) is 0 Å². The monoisotopic (exact) mass is 1870 g/mol. The molecule has 0 radical (unpaired) electrons. The zero-order chi connectivity index (χ0) is 98.4. The van der Waals surface area contributed by atoms with E-state index in [1.165, 1.54) is 188 Å². The number of hydrogen-bond donors (Lipinski definition) is 0. The highest BCUT2D eigenvalue weighted by Gasteiger charge is 2.40. The van der Waals surface area contributed by atoms with E-state index >= 15 is 0 Å². The first-order chi connectivity index (χ1) is 71.7. The van der Waals surface area contributed by atoms with Gasteiger partial charge in [-0.15, -0.1) is 0 Å². The van der Waals surface area contributed by atoms with Crippen LogP contribution in [0.3, 0.4) is 0 Å². The van der Waals surface area contributed by atoms with Gasteiger partial charge in [0, 0.05) is 67.4 Å². The number of benzene rings is 23. The molecule has 3 aliphatic rings. The Hall–Kier alpha value is -18.0. The van der Waals surface area contributed by atoms with Gasteiger partial charge in [-0.05, 0) is 304 Å². The average molecular weight is 1870 g/mol. The molecule has 0 saturated carbocycles. The average Bonchev–Trinajstić information content (AvgIpc) is 1.58. The van der Waals surface area contributed by atoms with Crippen molar-refractivity contribution in [3.63, 3.8) is 0 Å². The van der Waals surface area contributed by atoms with Crippen LogP contribution in [0, 0.1) is 0 Å². The lowest BCUT2D eigenvalue weighted by Gasteiger charge is -2.29. The number of fused-ring (bicyclic) bond motifs is 11. The topological polar surface area (TPSA) is 9.72 Å². The van der Waals surface area contributed by atoms with E-state index in [2.05, 4.69) is 608 Å². The van der Waals surface area contributed by atoms with Crippen LogP contribution in [0.1, 0.15) is 74.9 Å². The molecule has 0 fully saturated rings. The Balaban J connectivity index is 0.000000118. The first-order valence-electron chi connectivity index (χ1n) is 50.9. The molecule has 3 aliphatic carbocycles. The highest BCUT2D eigenvalue weighted by Crippen LogP contribution is 2.57. The molecule has 0 aliphatic heterocycles. The summed E-state index contributed by atoms with van der Waals surface area (Å²) in [5.41, 5.74) is 47.9. The van der Waals surface area contributed by atoms with E-state index in [4.69, 9.17) is 0 Å². The summed E-state index contributed by atoms with van der Waals surface area (Å²) in [5, 5.41) is 5.00. The van der Waals surface area contributed by atoms with E-state index in [9.17, 15) is 0 Å². The van der Waals surface area contributed by atoms with Gasteiger partial charge < -0.3 is 14.7 Å². The van der Waals surface area contributed by atoms with Crippen molar-refractivity contribution in [2.45, 2.75) is 57.8 Å². The standard InChI is InChI=1S/2C49H37N.C45H35N/c1-49(2)47-23-12-11-21-44(47)45-31-29-40(33-48(45)49)50(38-26-24-35(25-27-38)34-14-5-3-6-15-34)39-28-30-43(46(32-39)37-16-7-4-8-17-37)42-22-13-19-36-18-9-10-20-41(36)42;1-49(2)47-20-12-11-19-44(47)45-30-28-42(33-48(45)49)50(40-25-23-36(24-26-40)34-13-5-3-6-14-34)41-27-29-43(46(32-41)37-16-7-4-8-17-37)39-22-21-35-15-9-10-18-38(35)31-39;1-45(2)43-21-13-12-20-40(43)41-29-27-38(31-44(41)45)46(36-24-22-33(23-25-36)32-14-6-3-7-15-32)37-26-28-39(34-16-8-4-9-17-34)42(30-37)35-18-10-5-11-19-35/h2*3-33H,1-2H3;3-31H,1-2H3. The quantitative estimate of drug-likeness (QED) is 0.0848. The largest absolute Gasteiger partial charge is 0.310 e. The van der Waals surface area contributed by atoms with Crippen LogP contribution in [-0.2, 0) is 16.2 Å². The summed E-state index contributed by atoms with van der Waals surface area (Å²) in [6.45, 7) is 14.1. The van der Waals surface area contributed by atoms with Gasteiger partial charge in [0.2, 0.25) is 0 Å².